The van der Waals surface area contributed by atoms with Gasteiger partial charge in [-0.05, 0) is 50.6 Å². The van der Waals surface area contributed by atoms with E-state index in [4.69, 9.17) is 5.73 Å². The molecule has 3 N–H and O–H groups in total. The molecule has 1 aromatic carbocycles. The Morgan fingerprint density at radius 2 is 2.21 bits per heavy atom. The zero-order valence-electron chi connectivity index (χ0n) is 11.4. The van der Waals surface area contributed by atoms with Gasteiger partial charge in [0.15, 0.2) is 0 Å². The monoisotopic (exact) mass is 283 g/mol. The smallest absolute Gasteiger partial charge is 0.242 e. The number of likely N-dealkylation sites (tertiary alicyclic amines) is 1. The first-order chi connectivity index (χ1) is 8.88. The fourth-order valence-corrected chi connectivity index (χ4v) is 3.64. The summed E-state index contributed by atoms with van der Waals surface area (Å²) in [5, 5.41) is 0. The lowest BCUT2D eigenvalue weighted by atomic mass is 10.1. The van der Waals surface area contributed by atoms with Gasteiger partial charge in [0.25, 0.3) is 0 Å². The molecular weight excluding hydrogens is 262 g/mol. The molecule has 2 rings (SSSR count). The van der Waals surface area contributed by atoms with E-state index in [1.54, 1.807) is 18.2 Å². The number of aryl methyl sites for hydroxylation is 1. The normalized spacial score (nSPS) is 20.8. The molecule has 5 nitrogen and oxygen atoms in total. The van der Waals surface area contributed by atoms with Gasteiger partial charge in [0, 0.05) is 13.1 Å². The number of hydrogen-bond donors (Lipinski definition) is 2. The Balaban J connectivity index is 2.06. The molecule has 19 heavy (non-hydrogen) atoms. The first-order valence-electron chi connectivity index (χ1n) is 6.43. The van der Waals surface area contributed by atoms with Crippen LogP contribution in [0.4, 0.5) is 5.69 Å². The van der Waals surface area contributed by atoms with Crippen molar-refractivity contribution in [3.63, 3.8) is 0 Å². The van der Waals surface area contributed by atoms with Gasteiger partial charge in [-0.1, -0.05) is 6.07 Å². The maximum absolute atomic E-state index is 12.2. The highest BCUT2D eigenvalue weighted by Crippen LogP contribution is 2.20. The highest BCUT2D eigenvalue weighted by molar-refractivity contribution is 7.89. The highest BCUT2D eigenvalue weighted by Gasteiger charge is 2.23. The third-order valence-corrected chi connectivity index (χ3v) is 5.00. The van der Waals surface area contributed by atoms with Crippen LogP contribution in [0.1, 0.15) is 12.0 Å². The molecule has 0 aromatic heterocycles. The molecule has 1 heterocycles. The number of nitrogens with one attached hydrogen (secondary N) is 1. The minimum Gasteiger partial charge on any atom is -0.398 e. The molecule has 1 aliphatic heterocycles. The number of sulfonamides is 1. The van der Waals surface area contributed by atoms with Gasteiger partial charge in [-0.25, -0.2) is 13.1 Å². The number of nitrogen functional groups attached to an aromatic ring is 1. The lowest BCUT2D eigenvalue weighted by molar-refractivity contribution is 0.394. The fraction of sp³-hybridized carbons (Fsp3) is 0.538. The molecule has 0 spiro atoms. The van der Waals surface area contributed by atoms with E-state index >= 15 is 0 Å². The molecule has 6 heteroatoms. The summed E-state index contributed by atoms with van der Waals surface area (Å²) >= 11 is 0. The van der Waals surface area contributed by atoms with Gasteiger partial charge in [0.2, 0.25) is 10.0 Å². The number of nitrogens with zero attached hydrogens (tertiary/aromatic N) is 1. The number of hydrogen-bond acceptors (Lipinski definition) is 4. The van der Waals surface area contributed by atoms with Crippen molar-refractivity contribution < 1.29 is 8.42 Å². The SMILES string of the molecule is Cc1ccc(S(=O)(=O)NCC2CCN(C)C2)c(N)c1. The van der Waals surface area contributed by atoms with Crippen molar-refractivity contribution in [2.24, 2.45) is 5.92 Å². The van der Waals surface area contributed by atoms with Crippen molar-refractivity contribution in [3.05, 3.63) is 23.8 Å². The van der Waals surface area contributed by atoms with Crippen molar-refractivity contribution in [1.29, 1.82) is 0 Å². The predicted molar refractivity (Wildman–Crippen MR) is 76.4 cm³/mol. The largest absolute Gasteiger partial charge is 0.398 e. The molecule has 1 aliphatic rings. The molecule has 0 radical (unpaired) electrons. The van der Waals surface area contributed by atoms with Crippen LogP contribution in [-0.2, 0) is 10.0 Å². The van der Waals surface area contributed by atoms with Crippen LogP contribution in [0.5, 0.6) is 0 Å². The molecule has 1 fully saturated rings. The molecule has 1 unspecified atom stereocenters. The Bertz CT molecular complexity index is 557. The average molecular weight is 283 g/mol. The van der Waals surface area contributed by atoms with Crippen LogP contribution >= 0.6 is 0 Å². The summed E-state index contributed by atoms with van der Waals surface area (Å²) in [7, 11) is -1.46. The summed E-state index contributed by atoms with van der Waals surface area (Å²) in [4.78, 5) is 2.38. The summed E-state index contributed by atoms with van der Waals surface area (Å²) in [6, 6.07) is 5.00. The number of nitrogens with two attached hydrogens (primary N) is 1. The molecule has 1 saturated heterocycles. The van der Waals surface area contributed by atoms with Gasteiger partial charge >= 0.3 is 0 Å². The number of anilines is 1. The number of benzene rings is 1. The van der Waals surface area contributed by atoms with E-state index in [-0.39, 0.29) is 4.90 Å². The highest BCUT2D eigenvalue weighted by atomic mass is 32.2. The van der Waals surface area contributed by atoms with E-state index in [0.29, 0.717) is 18.2 Å². The van der Waals surface area contributed by atoms with Crippen LogP contribution in [-0.4, -0.2) is 40.0 Å². The zero-order chi connectivity index (χ0) is 14.0. The molecule has 1 atom stereocenters. The van der Waals surface area contributed by atoms with Gasteiger partial charge in [-0.3, -0.25) is 0 Å². The van der Waals surface area contributed by atoms with Gasteiger partial charge in [0.05, 0.1) is 5.69 Å². The minimum absolute atomic E-state index is 0.171. The molecule has 0 saturated carbocycles. The van der Waals surface area contributed by atoms with Gasteiger partial charge in [-0.15, -0.1) is 0 Å². The second kappa shape index (κ2) is 5.48. The molecule has 0 aliphatic carbocycles. The second-order valence-corrected chi connectivity index (χ2v) is 7.05. The average Bonchev–Trinajstić information content (AvgIpc) is 2.72. The van der Waals surface area contributed by atoms with Crippen molar-refractivity contribution in [1.82, 2.24) is 9.62 Å². The Morgan fingerprint density at radius 3 is 2.79 bits per heavy atom. The number of rotatable bonds is 4. The van der Waals surface area contributed by atoms with Gasteiger partial charge < -0.3 is 10.6 Å². The first kappa shape index (κ1) is 14.3. The molecular formula is C13H21N3O2S. The topological polar surface area (TPSA) is 75.4 Å². The van der Waals surface area contributed by atoms with Crippen molar-refractivity contribution in [2.75, 3.05) is 32.4 Å². The van der Waals surface area contributed by atoms with Crippen molar-refractivity contribution >= 4 is 15.7 Å². The maximum Gasteiger partial charge on any atom is 0.242 e. The zero-order valence-corrected chi connectivity index (χ0v) is 12.2. The van der Waals surface area contributed by atoms with E-state index in [1.807, 2.05) is 14.0 Å². The van der Waals surface area contributed by atoms with E-state index in [1.165, 1.54) is 0 Å². The molecule has 0 bridgehead atoms. The van der Waals surface area contributed by atoms with Crippen LogP contribution in [0.25, 0.3) is 0 Å². The molecule has 106 valence electrons. The Kier molecular flexibility index (Phi) is 4.13. The molecule has 1 aromatic rings. The fourth-order valence-electron chi connectivity index (χ4n) is 2.41. The van der Waals surface area contributed by atoms with Crippen LogP contribution in [0.2, 0.25) is 0 Å². The minimum atomic E-state index is -3.51. The second-order valence-electron chi connectivity index (χ2n) is 5.31. The summed E-state index contributed by atoms with van der Waals surface area (Å²) in [6.07, 6.45) is 1.03. The summed E-state index contributed by atoms with van der Waals surface area (Å²) in [6.45, 7) is 4.32. The lowest BCUT2D eigenvalue weighted by Gasteiger charge is -2.13. The van der Waals surface area contributed by atoms with Crippen LogP contribution in [0.3, 0.4) is 0 Å². The van der Waals surface area contributed by atoms with Gasteiger partial charge in [0.1, 0.15) is 4.90 Å². The van der Waals surface area contributed by atoms with Crippen LogP contribution < -0.4 is 10.5 Å². The van der Waals surface area contributed by atoms with Gasteiger partial charge in [-0.2, -0.15) is 0 Å². The summed E-state index contributed by atoms with van der Waals surface area (Å²) in [5.41, 5.74) is 7.04. The Hall–Kier alpha value is -1.11. The maximum atomic E-state index is 12.2. The third kappa shape index (κ3) is 3.46. The van der Waals surface area contributed by atoms with E-state index in [2.05, 4.69) is 9.62 Å². The lowest BCUT2D eigenvalue weighted by Crippen LogP contribution is -2.31. The third-order valence-electron chi connectivity index (χ3n) is 3.51. The van der Waals surface area contributed by atoms with E-state index < -0.39 is 10.0 Å². The van der Waals surface area contributed by atoms with E-state index in [9.17, 15) is 8.42 Å². The quantitative estimate of drug-likeness (QED) is 0.802. The first-order valence-corrected chi connectivity index (χ1v) is 7.91. The van der Waals surface area contributed by atoms with Crippen molar-refractivity contribution in [3.8, 4) is 0 Å². The van der Waals surface area contributed by atoms with Crippen LogP contribution in [0, 0.1) is 12.8 Å². The summed E-state index contributed by atoms with van der Waals surface area (Å²) in [5.74, 6) is 0.381. The van der Waals surface area contributed by atoms with E-state index in [0.717, 1.165) is 25.1 Å². The Labute approximate surface area is 114 Å². The Morgan fingerprint density at radius 1 is 1.47 bits per heavy atom. The molecule has 0 amide bonds. The standard InChI is InChI=1S/C13H21N3O2S/c1-10-3-4-13(12(14)7-10)19(17,18)15-8-11-5-6-16(2)9-11/h3-4,7,11,15H,5-6,8-9,14H2,1-2H3. The summed E-state index contributed by atoms with van der Waals surface area (Å²) < 4.78 is 27.1. The van der Waals surface area contributed by atoms with Crippen LogP contribution in [0.15, 0.2) is 23.1 Å². The van der Waals surface area contributed by atoms with Crippen molar-refractivity contribution in [2.45, 2.75) is 18.2 Å². The predicted octanol–water partition coefficient (Wildman–Crippen LogP) is 0.807.